The second kappa shape index (κ2) is 5.28. The van der Waals surface area contributed by atoms with Crippen molar-refractivity contribution >= 4 is 5.82 Å². The zero-order valence-corrected chi connectivity index (χ0v) is 9.75. The fourth-order valence-corrected chi connectivity index (χ4v) is 2.29. The molecule has 1 heterocycles. The summed E-state index contributed by atoms with van der Waals surface area (Å²) >= 11 is 0. The number of hydrogen-bond acceptors (Lipinski definition) is 2. The van der Waals surface area contributed by atoms with Crippen LogP contribution in [0.3, 0.4) is 0 Å². The highest BCUT2D eigenvalue weighted by Crippen LogP contribution is 2.28. The Bertz CT molecular complexity index is 332. The van der Waals surface area contributed by atoms with Gasteiger partial charge in [0.15, 0.2) is 11.6 Å². The summed E-state index contributed by atoms with van der Waals surface area (Å²) in [5.74, 6) is 1.67. The van der Waals surface area contributed by atoms with Gasteiger partial charge in [0.25, 0.3) is 0 Å². The fraction of sp³-hybridized carbons (Fsp3) is 0.615. The van der Waals surface area contributed by atoms with Crippen LogP contribution in [-0.2, 0) is 0 Å². The normalized spacial score (nSPS) is 25.4. The van der Waals surface area contributed by atoms with Gasteiger partial charge < -0.3 is 5.32 Å². The summed E-state index contributed by atoms with van der Waals surface area (Å²) < 4.78 is 13.3. The summed E-state index contributed by atoms with van der Waals surface area (Å²) in [6.07, 6.45) is 6.73. The zero-order chi connectivity index (χ0) is 11.4. The van der Waals surface area contributed by atoms with Crippen LogP contribution in [0.25, 0.3) is 0 Å². The SMILES string of the molecule is CC1CCC(CNc2ncccc2F)CC1. The van der Waals surface area contributed by atoms with Gasteiger partial charge in [0.05, 0.1) is 0 Å². The Balaban J connectivity index is 1.81. The van der Waals surface area contributed by atoms with Crippen LogP contribution in [0.2, 0.25) is 0 Å². The molecule has 0 saturated heterocycles. The minimum atomic E-state index is -0.258. The molecule has 0 aliphatic heterocycles. The average molecular weight is 222 g/mol. The van der Waals surface area contributed by atoms with Crippen molar-refractivity contribution in [3.05, 3.63) is 24.1 Å². The molecule has 1 aliphatic carbocycles. The van der Waals surface area contributed by atoms with Gasteiger partial charge in [-0.15, -0.1) is 0 Å². The van der Waals surface area contributed by atoms with E-state index in [-0.39, 0.29) is 5.82 Å². The van der Waals surface area contributed by atoms with Crippen molar-refractivity contribution in [2.24, 2.45) is 11.8 Å². The molecule has 0 unspecified atom stereocenters. The maximum absolute atomic E-state index is 13.3. The largest absolute Gasteiger partial charge is 0.367 e. The predicted octanol–water partition coefficient (Wildman–Crippen LogP) is 3.46. The van der Waals surface area contributed by atoms with Crippen molar-refractivity contribution in [3.8, 4) is 0 Å². The molecule has 1 aromatic rings. The Kier molecular flexibility index (Phi) is 3.75. The van der Waals surface area contributed by atoms with Crippen LogP contribution in [0.4, 0.5) is 10.2 Å². The van der Waals surface area contributed by atoms with E-state index in [9.17, 15) is 4.39 Å². The van der Waals surface area contributed by atoms with E-state index < -0.39 is 0 Å². The lowest BCUT2D eigenvalue weighted by Gasteiger charge is -2.26. The lowest BCUT2D eigenvalue weighted by Crippen LogP contribution is -2.20. The molecule has 2 nitrogen and oxygen atoms in total. The number of aromatic nitrogens is 1. The van der Waals surface area contributed by atoms with Crippen molar-refractivity contribution in [2.75, 3.05) is 11.9 Å². The molecule has 0 amide bonds. The minimum Gasteiger partial charge on any atom is -0.367 e. The van der Waals surface area contributed by atoms with Crippen molar-refractivity contribution in [3.63, 3.8) is 0 Å². The van der Waals surface area contributed by atoms with Crippen LogP contribution in [0.15, 0.2) is 18.3 Å². The highest BCUT2D eigenvalue weighted by molar-refractivity contribution is 5.35. The molecule has 1 fully saturated rings. The fourth-order valence-electron chi connectivity index (χ4n) is 2.29. The minimum absolute atomic E-state index is 0.258. The number of halogens is 1. The highest BCUT2D eigenvalue weighted by Gasteiger charge is 2.18. The number of anilines is 1. The lowest BCUT2D eigenvalue weighted by atomic mass is 9.83. The summed E-state index contributed by atoms with van der Waals surface area (Å²) in [6.45, 7) is 3.16. The van der Waals surface area contributed by atoms with Crippen molar-refractivity contribution in [1.29, 1.82) is 0 Å². The predicted molar refractivity (Wildman–Crippen MR) is 63.8 cm³/mol. The second-order valence-electron chi connectivity index (χ2n) is 4.84. The summed E-state index contributed by atoms with van der Waals surface area (Å²) in [5.41, 5.74) is 0. The van der Waals surface area contributed by atoms with Crippen LogP contribution in [-0.4, -0.2) is 11.5 Å². The van der Waals surface area contributed by atoms with Gasteiger partial charge in [-0.05, 0) is 36.8 Å². The van der Waals surface area contributed by atoms with Gasteiger partial charge in [-0.3, -0.25) is 0 Å². The number of rotatable bonds is 3. The van der Waals surface area contributed by atoms with E-state index in [1.807, 2.05) is 0 Å². The molecule has 16 heavy (non-hydrogen) atoms. The first-order chi connectivity index (χ1) is 7.75. The molecule has 0 bridgehead atoms. The third-order valence-electron chi connectivity index (χ3n) is 3.45. The molecule has 88 valence electrons. The summed E-state index contributed by atoms with van der Waals surface area (Å²) in [7, 11) is 0. The van der Waals surface area contributed by atoms with E-state index in [4.69, 9.17) is 0 Å². The van der Waals surface area contributed by atoms with Crippen LogP contribution in [0.5, 0.6) is 0 Å². The molecule has 0 aromatic carbocycles. The molecule has 1 N–H and O–H groups in total. The third-order valence-corrected chi connectivity index (χ3v) is 3.45. The molecule has 1 saturated carbocycles. The number of pyridine rings is 1. The van der Waals surface area contributed by atoms with E-state index in [1.165, 1.54) is 31.7 Å². The number of nitrogens with zero attached hydrogens (tertiary/aromatic N) is 1. The topological polar surface area (TPSA) is 24.9 Å². The molecule has 3 heteroatoms. The highest BCUT2D eigenvalue weighted by atomic mass is 19.1. The standard InChI is InChI=1S/C13H19FN2/c1-10-4-6-11(7-5-10)9-16-13-12(14)3-2-8-15-13/h2-3,8,10-11H,4-7,9H2,1H3,(H,15,16). The van der Waals surface area contributed by atoms with Gasteiger partial charge in [0.2, 0.25) is 0 Å². The Morgan fingerprint density at radius 3 is 2.81 bits per heavy atom. The van der Waals surface area contributed by atoms with Crippen molar-refractivity contribution in [1.82, 2.24) is 4.98 Å². The van der Waals surface area contributed by atoms with Gasteiger partial charge in [-0.25, -0.2) is 9.37 Å². The first-order valence-corrected chi connectivity index (χ1v) is 6.10. The lowest BCUT2D eigenvalue weighted by molar-refractivity contribution is 0.300. The Labute approximate surface area is 96.3 Å². The molecular formula is C13H19FN2. The molecule has 1 aliphatic rings. The first kappa shape index (κ1) is 11.4. The van der Waals surface area contributed by atoms with Crippen LogP contribution in [0, 0.1) is 17.7 Å². The van der Waals surface area contributed by atoms with Crippen LogP contribution < -0.4 is 5.32 Å². The average Bonchev–Trinajstić information content (AvgIpc) is 2.30. The van der Waals surface area contributed by atoms with Crippen LogP contribution >= 0.6 is 0 Å². The summed E-state index contributed by atoms with van der Waals surface area (Å²) in [5, 5.41) is 3.11. The van der Waals surface area contributed by atoms with E-state index in [1.54, 1.807) is 12.3 Å². The smallest absolute Gasteiger partial charge is 0.165 e. The van der Waals surface area contributed by atoms with Crippen molar-refractivity contribution < 1.29 is 4.39 Å². The Morgan fingerprint density at radius 2 is 2.12 bits per heavy atom. The molecule has 0 atom stereocenters. The van der Waals surface area contributed by atoms with Gasteiger partial charge in [-0.2, -0.15) is 0 Å². The maximum Gasteiger partial charge on any atom is 0.165 e. The molecular weight excluding hydrogens is 203 g/mol. The maximum atomic E-state index is 13.3. The quantitative estimate of drug-likeness (QED) is 0.847. The van der Waals surface area contributed by atoms with Gasteiger partial charge in [-0.1, -0.05) is 19.8 Å². The Hall–Kier alpha value is -1.12. The van der Waals surface area contributed by atoms with E-state index in [0.717, 1.165) is 12.5 Å². The van der Waals surface area contributed by atoms with E-state index in [2.05, 4.69) is 17.2 Å². The van der Waals surface area contributed by atoms with Crippen molar-refractivity contribution in [2.45, 2.75) is 32.6 Å². The monoisotopic (exact) mass is 222 g/mol. The summed E-state index contributed by atoms with van der Waals surface area (Å²) in [4.78, 5) is 3.99. The first-order valence-electron chi connectivity index (χ1n) is 6.10. The zero-order valence-electron chi connectivity index (χ0n) is 9.75. The van der Waals surface area contributed by atoms with Gasteiger partial charge in [0.1, 0.15) is 0 Å². The summed E-state index contributed by atoms with van der Waals surface area (Å²) in [6, 6.07) is 3.06. The van der Waals surface area contributed by atoms with Gasteiger partial charge in [0, 0.05) is 12.7 Å². The molecule has 2 rings (SSSR count). The van der Waals surface area contributed by atoms with E-state index in [0.29, 0.717) is 11.7 Å². The third kappa shape index (κ3) is 2.94. The van der Waals surface area contributed by atoms with E-state index >= 15 is 0 Å². The molecule has 0 radical (unpaired) electrons. The molecule has 0 spiro atoms. The van der Waals surface area contributed by atoms with Gasteiger partial charge >= 0.3 is 0 Å². The second-order valence-corrected chi connectivity index (χ2v) is 4.84. The number of nitrogens with one attached hydrogen (secondary N) is 1. The number of hydrogen-bond donors (Lipinski definition) is 1. The Morgan fingerprint density at radius 1 is 1.38 bits per heavy atom. The molecule has 1 aromatic heterocycles. The van der Waals surface area contributed by atoms with Crippen LogP contribution in [0.1, 0.15) is 32.6 Å².